The lowest BCUT2D eigenvalue weighted by Crippen LogP contribution is -2.30. The summed E-state index contributed by atoms with van der Waals surface area (Å²) < 4.78 is 15.6. The highest BCUT2D eigenvalue weighted by atomic mass is 35.5. The van der Waals surface area contributed by atoms with E-state index in [-0.39, 0.29) is 25.5 Å². The maximum atomic E-state index is 11.7. The van der Waals surface area contributed by atoms with E-state index in [1.165, 1.54) is 0 Å². The number of hydrogen-bond acceptors (Lipinski definition) is 5. The van der Waals surface area contributed by atoms with Gasteiger partial charge in [0.25, 0.3) is 5.91 Å². The van der Waals surface area contributed by atoms with Gasteiger partial charge in [0.2, 0.25) is 0 Å². The minimum absolute atomic E-state index is 0.0378. The van der Waals surface area contributed by atoms with Gasteiger partial charge < -0.3 is 19.5 Å². The van der Waals surface area contributed by atoms with E-state index >= 15 is 0 Å². The van der Waals surface area contributed by atoms with Gasteiger partial charge in [0, 0.05) is 11.6 Å². The molecule has 27 heavy (non-hydrogen) atoms. The number of para-hydroxylation sites is 2. The number of carbonyl (C=O) groups is 2. The van der Waals surface area contributed by atoms with Crippen molar-refractivity contribution in [2.75, 3.05) is 26.9 Å². The van der Waals surface area contributed by atoms with Crippen molar-refractivity contribution >= 4 is 23.5 Å². The zero-order valence-electron chi connectivity index (χ0n) is 15.1. The molecular formula is C20H22ClNO5. The second-order valence-electron chi connectivity index (χ2n) is 5.64. The van der Waals surface area contributed by atoms with Crippen LogP contribution in [0.15, 0.2) is 48.5 Å². The minimum Gasteiger partial charge on any atom is -0.493 e. The number of benzene rings is 2. The molecule has 0 aliphatic heterocycles. The molecule has 0 unspecified atom stereocenters. The molecule has 0 atom stereocenters. The highest BCUT2D eigenvalue weighted by molar-refractivity contribution is 6.30. The summed E-state index contributed by atoms with van der Waals surface area (Å²) in [5, 5.41) is 3.37. The first-order valence-corrected chi connectivity index (χ1v) is 8.89. The second-order valence-corrected chi connectivity index (χ2v) is 6.07. The van der Waals surface area contributed by atoms with E-state index in [1.54, 1.807) is 31.4 Å². The Morgan fingerprint density at radius 3 is 2.44 bits per heavy atom. The Morgan fingerprint density at radius 2 is 1.74 bits per heavy atom. The van der Waals surface area contributed by atoms with Crippen LogP contribution in [0.1, 0.15) is 12.0 Å². The number of halogens is 1. The Labute approximate surface area is 163 Å². The zero-order chi connectivity index (χ0) is 19.5. The Kier molecular flexibility index (Phi) is 8.45. The number of methoxy groups -OCH3 is 1. The topological polar surface area (TPSA) is 73.9 Å². The first-order chi connectivity index (χ1) is 13.1. The van der Waals surface area contributed by atoms with E-state index < -0.39 is 5.97 Å². The van der Waals surface area contributed by atoms with Crippen molar-refractivity contribution in [2.24, 2.45) is 0 Å². The summed E-state index contributed by atoms with van der Waals surface area (Å²) in [5.41, 5.74) is 1.06. The lowest BCUT2D eigenvalue weighted by Gasteiger charge is -2.10. The molecule has 2 aromatic carbocycles. The van der Waals surface area contributed by atoms with Gasteiger partial charge in [0.15, 0.2) is 18.1 Å². The maximum Gasteiger partial charge on any atom is 0.309 e. The lowest BCUT2D eigenvalue weighted by atomic mass is 10.1. The van der Waals surface area contributed by atoms with E-state index in [9.17, 15) is 9.59 Å². The third kappa shape index (κ3) is 7.58. The van der Waals surface area contributed by atoms with Gasteiger partial charge in [0.05, 0.1) is 20.1 Å². The monoisotopic (exact) mass is 391 g/mol. The van der Waals surface area contributed by atoms with Gasteiger partial charge in [-0.05, 0) is 36.2 Å². The number of amides is 1. The molecular weight excluding hydrogens is 370 g/mol. The molecule has 0 bridgehead atoms. The third-order valence-electron chi connectivity index (χ3n) is 3.65. The summed E-state index contributed by atoms with van der Waals surface area (Å²) in [6, 6.07) is 14.5. The highest BCUT2D eigenvalue weighted by Crippen LogP contribution is 2.25. The zero-order valence-corrected chi connectivity index (χ0v) is 15.8. The number of esters is 1. The number of rotatable bonds is 10. The Morgan fingerprint density at radius 1 is 1.04 bits per heavy atom. The summed E-state index contributed by atoms with van der Waals surface area (Å²) in [4.78, 5) is 23.4. The van der Waals surface area contributed by atoms with E-state index in [2.05, 4.69) is 5.32 Å². The summed E-state index contributed by atoms with van der Waals surface area (Å²) in [7, 11) is 1.54. The second kappa shape index (κ2) is 11.1. The predicted molar refractivity (Wildman–Crippen MR) is 102 cm³/mol. The molecule has 1 amide bonds. The van der Waals surface area contributed by atoms with E-state index in [0.717, 1.165) is 5.56 Å². The van der Waals surface area contributed by atoms with Crippen LogP contribution in [0.25, 0.3) is 0 Å². The summed E-state index contributed by atoms with van der Waals surface area (Å²) >= 11 is 5.82. The highest BCUT2D eigenvalue weighted by Gasteiger charge is 2.09. The van der Waals surface area contributed by atoms with Gasteiger partial charge in [-0.1, -0.05) is 35.9 Å². The molecule has 2 aromatic rings. The van der Waals surface area contributed by atoms with Crippen molar-refractivity contribution in [3.05, 3.63) is 59.1 Å². The molecule has 0 aromatic heterocycles. The van der Waals surface area contributed by atoms with Crippen LogP contribution in [0.5, 0.6) is 11.5 Å². The van der Waals surface area contributed by atoms with Crippen LogP contribution >= 0.6 is 11.6 Å². The van der Waals surface area contributed by atoms with Crippen molar-refractivity contribution < 1.29 is 23.8 Å². The molecule has 2 rings (SSSR count). The molecule has 0 saturated heterocycles. The summed E-state index contributed by atoms with van der Waals surface area (Å²) in [5.74, 6) is 0.291. The molecule has 144 valence electrons. The summed E-state index contributed by atoms with van der Waals surface area (Å²) in [6.07, 6.45) is 0.708. The van der Waals surface area contributed by atoms with Gasteiger partial charge in [-0.3, -0.25) is 9.59 Å². The lowest BCUT2D eigenvalue weighted by molar-refractivity contribution is -0.149. The van der Waals surface area contributed by atoms with Crippen molar-refractivity contribution in [3.63, 3.8) is 0 Å². The Bertz CT molecular complexity index is 748. The summed E-state index contributed by atoms with van der Waals surface area (Å²) in [6.45, 7) is 0.278. The van der Waals surface area contributed by atoms with Gasteiger partial charge in [-0.15, -0.1) is 0 Å². The predicted octanol–water partition coefficient (Wildman–Crippen LogP) is 3.02. The van der Waals surface area contributed by atoms with Crippen molar-refractivity contribution in [3.8, 4) is 11.5 Å². The van der Waals surface area contributed by atoms with Gasteiger partial charge in [-0.25, -0.2) is 0 Å². The minimum atomic E-state index is -0.502. The number of carbonyl (C=O) groups excluding carboxylic acids is 2. The number of nitrogens with one attached hydrogen (secondary N) is 1. The van der Waals surface area contributed by atoms with Crippen LogP contribution in [-0.4, -0.2) is 38.7 Å². The van der Waals surface area contributed by atoms with Crippen molar-refractivity contribution in [1.29, 1.82) is 0 Å². The van der Waals surface area contributed by atoms with Crippen LogP contribution in [-0.2, 0) is 20.7 Å². The normalized spacial score (nSPS) is 10.1. The fraction of sp³-hybridized carbons (Fsp3) is 0.300. The quantitative estimate of drug-likeness (QED) is 0.630. The Hall–Kier alpha value is -2.73. The average Bonchev–Trinajstić information content (AvgIpc) is 2.68. The fourth-order valence-electron chi connectivity index (χ4n) is 2.25. The van der Waals surface area contributed by atoms with E-state index in [4.69, 9.17) is 25.8 Å². The van der Waals surface area contributed by atoms with Gasteiger partial charge in [0.1, 0.15) is 0 Å². The molecule has 6 nitrogen and oxygen atoms in total. The third-order valence-corrected chi connectivity index (χ3v) is 3.90. The molecule has 0 heterocycles. The van der Waals surface area contributed by atoms with E-state index in [0.29, 0.717) is 29.5 Å². The SMILES string of the molecule is COc1ccccc1OCCC(=O)OCC(=O)NCCc1ccc(Cl)cc1. The first-order valence-electron chi connectivity index (χ1n) is 8.51. The maximum absolute atomic E-state index is 11.7. The standard InChI is InChI=1S/C20H22ClNO5/c1-25-17-4-2-3-5-18(17)26-13-11-20(24)27-14-19(23)22-12-10-15-6-8-16(21)9-7-15/h2-9H,10-14H2,1H3,(H,22,23). The molecule has 0 aliphatic carbocycles. The van der Waals surface area contributed by atoms with Crippen LogP contribution in [0.3, 0.4) is 0 Å². The fourth-order valence-corrected chi connectivity index (χ4v) is 2.37. The van der Waals surface area contributed by atoms with Gasteiger partial charge in [-0.2, -0.15) is 0 Å². The van der Waals surface area contributed by atoms with Crippen LogP contribution < -0.4 is 14.8 Å². The van der Waals surface area contributed by atoms with Crippen LogP contribution in [0.2, 0.25) is 5.02 Å². The number of hydrogen-bond donors (Lipinski definition) is 1. The molecule has 0 aliphatic rings. The van der Waals surface area contributed by atoms with Crippen LogP contribution in [0.4, 0.5) is 0 Å². The molecule has 0 fully saturated rings. The Balaban J connectivity index is 1.59. The largest absolute Gasteiger partial charge is 0.493 e. The van der Waals surface area contributed by atoms with E-state index in [1.807, 2.05) is 24.3 Å². The molecule has 1 N–H and O–H groups in total. The molecule has 0 saturated carbocycles. The average molecular weight is 392 g/mol. The molecule has 0 spiro atoms. The first kappa shape index (κ1) is 20.6. The van der Waals surface area contributed by atoms with Crippen molar-refractivity contribution in [1.82, 2.24) is 5.32 Å². The molecule has 7 heteroatoms. The molecule has 0 radical (unpaired) electrons. The number of ether oxygens (including phenoxy) is 3. The van der Waals surface area contributed by atoms with Gasteiger partial charge >= 0.3 is 5.97 Å². The smallest absolute Gasteiger partial charge is 0.309 e. The van der Waals surface area contributed by atoms with Crippen LogP contribution in [0, 0.1) is 0 Å². The van der Waals surface area contributed by atoms with Crippen molar-refractivity contribution in [2.45, 2.75) is 12.8 Å².